The zero-order valence-electron chi connectivity index (χ0n) is 10.1. The van der Waals surface area contributed by atoms with Crippen LogP contribution >= 0.6 is 0 Å². The highest BCUT2D eigenvalue weighted by molar-refractivity contribution is 5.00. The number of H-pyrrole nitrogens is 1. The summed E-state index contributed by atoms with van der Waals surface area (Å²) in [5, 5.41) is 9.82. The Labute approximate surface area is 96.7 Å². The van der Waals surface area contributed by atoms with Gasteiger partial charge in [-0.1, -0.05) is 0 Å². The molecule has 0 bridgehead atoms. The quantitative estimate of drug-likeness (QED) is 0.813. The zero-order chi connectivity index (χ0) is 11.6. The fraction of sp³-hybridized carbons (Fsp3) is 0.750. The smallest absolute Gasteiger partial charge is 0.110 e. The van der Waals surface area contributed by atoms with Gasteiger partial charge < -0.3 is 10.1 Å². The van der Waals surface area contributed by atoms with Crippen molar-refractivity contribution in [2.75, 3.05) is 19.6 Å². The lowest BCUT2D eigenvalue weighted by Gasteiger charge is -2.35. The molecule has 4 heteroatoms. The molecule has 0 radical (unpaired) electrons. The van der Waals surface area contributed by atoms with E-state index in [-0.39, 0.29) is 0 Å². The van der Waals surface area contributed by atoms with Crippen molar-refractivity contribution in [3.05, 3.63) is 18.2 Å². The number of β-amino-alcohol motifs (C(OH)–C–C–N with tert-alkyl or cyclic N) is 1. The third kappa shape index (κ3) is 3.06. The molecule has 1 aromatic rings. The Bertz CT molecular complexity index is 316. The summed E-state index contributed by atoms with van der Waals surface area (Å²) >= 11 is 0. The van der Waals surface area contributed by atoms with Gasteiger partial charge in [0.2, 0.25) is 0 Å². The zero-order valence-corrected chi connectivity index (χ0v) is 10.1. The number of nitrogens with zero attached hydrogens (tertiary/aromatic N) is 2. The molecule has 2 rings (SSSR count). The maximum absolute atomic E-state index is 9.82. The summed E-state index contributed by atoms with van der Waals surface area (Å²) in [6.07, 6.45) is 6.06. The second kappa shape index (κ2) is 4.55. The van der Waals surface area contributed by atoms with Crippen molar-refractivity contribution < 1.29 is 5.11 Å². The Hall–Kier alpha value is -0.870. The monoisotopic (exact) mass is 223 g/mol. The average molecular weight is 223 g/mol. The van der Waals surface area contributed by atoms with Gasteiger partial charge in [-0.25, -0.2) is 4.98 Å². The maximum Gasteiger partial charge on any atom is 0.110 e. The summed E-state index contributed by atoms with van der Waals surface area (Å²) < 4.78 is 0. The van der Waals surface area contributed by atoms with Gasteiger partial charge in [0.15, 0.2) is 0 Å². The van der Waals surface area contributed by atoms with Crippen molar-refractivity contribution in [3.8, 4) is 0 Å². The highest BCUT2D eigenvalue weighted by atomic mass is 16.3. The number of aliphatic hydroxyl groups is 1. The van der Waals surface area contributed by atoms with Crippen LogP contribution in [0.25, 0.3) is 0 Å². The van der Waals surface area contributed by atoms with Crippen LogP contribution in [-0.2, 0) is 0 Å². The molecule has 4 nitrogen and oxygen atoms in total. The van der Waals surface area contributed by atoms with Gasteiger partial charge in [-0.3, -0.25) is 4.90 Å². The van der Waals surface area contributed by atoms with Crippen molar-refractivity contribution in [1.82, 2.24) is 14.9 Å². The molecule has 1 fully saturated rings. The molecule has 90 valence electrons. The summed E-state index contributed by atoms with van der Waals surface area (Å²) in [5.74, 6) is 1.58. The minimum atomic E-state index is -0.606. The average Bonchev–Trinajstić information content (AvgIpc) is 2.68. The maximum atomic E-state index is 9.82. The Kier molecular flexibility index (Phi) is 3.30. The van der Waals surface area contributed by atoms with Gasteiger partial charge in [-0.15, -0.1) is 0 Å². The molecule has 1 unspecified atom stereocenters. The van der Waals surface area contributed by atoms with Crippen molar-refractivity contribution >= 4 is 0 Å². The van der Waals surface area contributed by atoms with E-state index in [9.17, 15) is 5.11 Å². The van der Waals surface area contributed by atoms with E-state index in [0.717, 1.165) is 25.5 Å². The molecular weight excluding hydrogens is 202 g/mol. The number of hydrogen-bond acceptors (Lipinski definition) is 3. The van der Waals surface area contributed by atoms with E-state index in [1.165, 1.54) is 12.8 Å². The van der Waals surface area contributed by atoms with E-state index in [1.807, 2.05) is 26.2 Å². The number of imidazole rings is 1. The number of piperidine rings is 1. The molecule has 0 aliphatic carbocycles. The predicted molar refractivity (Wildman–Crippen MR) is 63.3 cm³/mol. The van der Waals surface area contributed by atoms with E-state index in [2.05, 4.69) is 14.9 Å². The fourth-order valence-corrected chi connectivity index (χ4v) is 2.47. The number of likely N-dealkylation sites (tertiary alicyclic amines) is 1. The number of aromatic amines is 1. The van der Waals surface area contributed by atoms with Crippen LogP contribution in [0.2, 0.25) is 0 Å². The molecule has 1 aromatic heterocycles. The Balaban J connectivity index is 1.94. The lowest BCUT2D eigenvalue weighted by Crippen LogP contribution is -2.43. The topological polar surface area (TPSA) is 52.1 Å². The largest absolute Gasteiger partial charge is 0.389 e. The first kappa shape index (κ1) is 11.6. The molecule has 2 heterocycles. The summed E-state index contributed by atoms with van der Waals surface area (Å²) in [7, 11) is 0. The summed E-state index contributed by atoms with van der Waals surface area (Å²) in [5.41, 5.74) is -0.606. The van der Waals surface area contributed by atoms with E-state index >= 15 is 0 Å². The van der Waals surface area contributed by atoms with E-state index in [0.29, 0.717) is 5.92 Å². The molecule has 0 aromatic carbocycles. The molecule has 1 aliphatic heterocycles. The molecule has 1 atom stereocenters. The van der Waals surface area contributed by atoms with E-state index < -0.39 is 5.60 Å². The highest BCUT2D eigenvalue weighted by Gasteiger charge is 2.26. The molecule has 16 heavy (non-hydrogen) atoms. The normalized spacial score (nSPS) is 23.6. The number of rotatable bonds is 3. The number of hydrogen-bond donors (Lipinski definition) is 2. The molecular formula is C12H21N3O. The first-order valence-electron chi connectivity index (χ1n) is 5.98. The summed E-state index contributed by atoms with van der Waals surface area (Å²) in [6, 6.07) is 0. The van der Waals surface area contributed by atoms with Gasteiger partial charge in [0.1, 0.15) is 5.82 Å². The van der Waals surface area contributed by atoms with Crippen molar-refractivity contribution in [2.45, 2.75) is 38.2 Å². The van der Waals surface area contributed by atoms with Gasteiger partial charge in [-0.05, 0) is 33.2 Å². The van der Waals surface area contributed by atoms with Gasteiger partial charge >= 0.3 is 0 Å². The van der Waals surface area contributed by atoms with Crippen LogP contribution in [0.3, 0.4) is 0 Å². The minimum absolute atomic E-state index is 0.492. The lowest BCUT2D eigenvalue weighted by molar-refractivity contribution is 0.0267. The van der Waals surface area contributed by atoms with Crippen LogP contribution in [0.15, 0.2) is 12.4 Å². The highest BCUT2D eigenvalue weighted by Crippen LogP contribution is 2.25. The molecule has 2 N–H and O–H groups in total. The van der Waals surface area contributed by atoms with Gasteiger partial charge in [0, 0.05) is 31.4 Å². The minimum Gasteiger partial charge on any atom is -0.389 e. The first-order chi connectivity index (χ1) is 7.54. The lowest BCUT2D eigenvalue weighted by atomic mass is 9.96. The predicted octanol–water partition coefficient (Wildman–Crippen LogP) is 1.36. The number of aromatic nitrogens is 2. The van der Waals surface area contributed by atoms with Crippen molar-refractivity contribution in [1.29, 1.82) is 0 Å². The Morgan fingerprint density at radius 1 is 1.62 bits per heavy atom. The van der Waals surface area contributed by atoms with E-state index in [4.69, 9.17) is 0 Å². The van der Waals surface area contributed by atoms with Gasteiger partial charge in [0.05, 0.1) is 5.60 Å². The third-order valence-electron chi connectivity index (χ3n) is 3.02. The molecule has 1 aliphatic rings. The van der Waals surface area contributed by atoms with Crippen LogP contribution in [0.4, 0.5) is 0 Å². The van der Waals surface area contributed by atoms with Crippen LogP contribution in [0.1, 0.15) is 38.4 Å². The molecule has 0 amide bonds. The van der Waals surface area contributed by atoms with Crippen LogP contribution in [0, 0.1) is 0 Å². The molecule has 0 spiro atoms. The van der Waals surface area contributed by atoms with Crippen molar-refractivity contribution in [2.24, 2.45) is 0 Å². The van der Waals surface area contributed by atoms with Crippen LogP contribution in [0.5, 0.6) is 0 Å². The Morgan fingerprint density at radius 3 is 3.06 bits per heavy atom. The van der Waals surface area contributed by atoms with Crippen LogP contribution < -0.4 is 0 Å². The van der Waals surface area contributed by atoms with Crippen molar-refractivity contribution in [3.63, 3.8) is 0 Å². The second-order valence-electron chi connectivity index (χ2n) is 5.36. The first-order valence-corrected chi connectivity index (χ1v) is 5.98. The SMILES string of the molecule is CC(C)(O)CN1CCCC(c2ncc[nH]2)C1. The van der Waals surface area contributed by atoms with Crippen LogP contribution in [-0.4, -0.2) is 45.2 Å². The second-order valence-corrected chi connectivity index (χ2v) is 5.36. The standard InChI is InChI=1S/C12H21N3O/c1-12(2,16)9-15-7-3-4-10(8-15)11-13-5-6-14-11/h5-6,10,16H,3-4,7-9H2,1-2H3,(H,13,14). The Morgan fingerprint density at radius 2 is 2.44 bits per heavy atom. The third-order valence-corrected chi connectivity index (χ3v) is 3.02. The van der Waals surface area contributed by atoms with Gasteiger partial charge in [0.25, 0.3) is 0 Å². The summed E-state index contributed by atoms with van der Waals surface area (Å²) in [6.45, 7) is 6.55. The number of nitrogens with one attached hydrogen (secondary N) is 1. The van der Waals surface area contributed by atoms with E-state index in [1.54, 1.807) is 0 Å². The molecule has 1 saturated heterocycles. The fourth-order valence-electron chi connectivity index (χ4n) is 2.47. The van der Waals surface area contributed by atoms with Gasteiger partial charge in [-0.2, -0.15) is 0 Å². The molecule has 0 saturated carbocycles. The summed E-state index contributed by atoms with van der Waals surface area (Å²) in [4.78, 5) is 9.85.